The number of rotatable bonds is 5. The van der Waals surface area contributed by atoms with Crippen LogP contribution in [0.5, 0.6) is 0 Å². The van der Waals surface area contributed by atoms with Crippen LogP contribution in [0.4, 0.5) is 4.39 Å². The molecule has 2 aromatic heterocycles. The molecule has 132 valence electrons. The normalized spacial score (nSPS) is 11.3. The largest absolute Gasteiger partial charge is 0.453 e. The average Bonchev–Trinajstić information content (AvgIpc) is 3.23. The van der Waals surface area contributed by atoms with Crippen LogP contribution >= 0.6 is 27.7 Å². The Bertz CT molecular complexity index is 1060. The van der Waals surface area contributed by atoms with Crippen molar-refractivity contribution in [2.45, 2.75) is 24.4 Å². The molecular formula is C19H15BrFN3OS. The molecule has 0 aliphatic rings. The number of hydrogen-bond acceptors (Lipinski definition) is 4. The van der Waals surface area contributed by atoms with E-state index in [1.54, 1.807) is 23.9 Å². The average molecular weight is 432 g/mol. The third-order valence-corrected chi connectivity index (χ3v) is 5.54. The van der Waals surface area contributed by atoms with Crippen LogP contribution < -0.4 is 0 Å². The summed E-state index contributed by atoms with van der Waals surface area (Å²) in [6.45, 7) is 2.78. The Hall–Kier alpha value is -2.12. The van der Waals surface area contributed by atoms with Crippen molar-refractivity contribution in [2.75, 3.05) is 0 Å². The van der Waals surface area contributed by atoms with Gasteiger partial charge in [-0.15, -0.1) is 10.2 Å². The first-order chi connectivity index (χ1) is 12.6. The minimum absolute atomic E-state index is 0.228. The molecule has 2 heterocycles. The lowest BCUT2D eigenvalue weighted by molar-refractivity contribution is 0.607. The maximum Gasteiger partial charge on any atom is 0.200 e. The smallest absolute Gasteiger partial charge is 0.200 e. The van der Waals surface area contributed by atoms with Crippen molar-refractivity contribution in [2.24, 2.45) is 0 Å². The number of hydrogen-bond donors (Lipinski definition) is 0. The van der Waals surface area contributed by atoms with Crippen LogP contribution in [0, 0.1) is 5.82 Å². The quantitative estimate of drug-likeness (QED) is 0.368. The number of halogens is 2. The molecular weight excluding hydrogens is 417 g/mol. The molecule has 0 atom stereocenters. The molecule has 0 unspecified atom stereocenters. The second kappa shape index (κ2) is 7.25. The number of benzene rings is 2. The van der Waals surface area contributed by atoms with Crippen molar-refractivity contribution >= 4 is 38.7 Å². The molecule has 0 bridgehead atoms. The molecule has 0 amide bonds. The van der Waals surface area contributed by atoms with Gasteiger partial charge in [-0.05, 0) is 48.9 Å². The third-order valence-electron chi connectivity index (χ3n) is 4.01. The van der Waals surface area contributed by atoms with Gasteiger partial charge in [0.1, 0.15) is 11.4 Å². The van der Waals surface area contributed by atoms with Gasteiger partial charge in [0.05, 0.1) is 0 Å². The minimum Gasteiger partial charge on any atom is -0.453 e. The number of thioether (sulfide) groups is 1. The fourth-order valence-corrected chi connectivity index (χ4v) is 4.05. The third kappa shape index (κ3) is 3.41. The van der Waals surface area contributed by atoms with Gasteiger partial charge in [0, 0.05) is 22.2 Å². The van der Waals surface area contributed by atoms with E-state index < -0.39 is 0 Å². The summed E-state index contributed by atoms with van der Waals surface area (Å²) in [7, 11) is 0. The van der Waals surface area contributed by atoms with E-state index in [9.17, 15) is 4.39 Å². The van der Waals surface area contributed by atoms with E-state index in [0.29, 0.717) is 17.3 Å². The van der Waals surface area contributed by atoms with E-state index in [2.05, 4.69) is 26.1 Å². The summed E-state index contributed by atoms with van der Waals surface area (Å²) in [5, 5.41) is 10.5. The zero-order valence-electron chi connectivity index (χ0n) is 13.9. The second-order valence-corrected chi connectivity index (χ2v) is 7.62. The second-order valence-electron chi connectivity index (χ2n) is 5.76. The van der Waals surface area contributed by atoms with Crippen molar-refractivity contribution in [1.29, 1.82) is 0 Å². The first kappa shape index (κ1) is 17.3. The Balaban J connectivity index is 1.62. The summed E-state index contributed by atoms with van der Waals surface area (Å²) in [4.78, 5) is 0. The first-order valence-electron chi connectivity index (χ1n) is 8.14. The van der Waals surface area contributed by atoms with Gasteiger partial charge in [0.15, 0.2) is 10.9 Å². The van der Waals surface area contributed by atoms with E-state index in [0.717, 1.165) is 32.7 Å². The van der Waals surface area contributed by atoms with Gasteiger partial charge in [0.25, 0.3) is 0 Å². The van der Waals surface area contributed by atoms with Gasteiger partial charge in [-0.3, -0.25) is 4.57 Å². The van der Waals surface area contributed by atoms with Crippen LogP contribution in [0.15, 0.2) is 62.6 Å². The lowest BCUT2D eigenvalue weighted by Gasteiger charge is -2.05. The molecule has 7 heteroatoms. The molecule has 0 saturated carbocycles. The minimum atomic E-state index is -0.228. The number of nitrogens with zero attached hydrogens (tertiary/aromatic N) is 3. The molecule has 26 heavy (non-hydrogen) atoms. The summed E-state index contributed by atoms with van der Waals surface area (Å²) in [6, 6.07) is 14.4. The lowest BCUT2D eigenvalue weighted by atomic mass is 10.2. The maximum atomic E-state index is 13.0. The summed E-state index contributed by atoms with van der Waals surface area (Å²) >= 11 is 5.05. The number of aromatic nitrogens is 3. The Morgan fingerprint density at radius 2 is 1.92 bits per heavy atom. The lowest BCUT2D eigenvalue weighted by Crippen LogP contribution is -1.99. The molecule has 0 saturated heterocycles. The fraction of sp³-hybridized carbons (Fsp3) is 0.158. The molecule has 0 aliphatic carbocycles. The summed E-state index contributed by atoms with van der Waals surface area (Å²) in [6.07, 6.45) is 0. The van der Waals surface area contributed by atoms with E-state index in [1.807, 2.05) is 35.8 Å². The van der Waals surface area contributed by atoms with Gasteiger partial charge < -0.3 is 4.42 Å². The summed E-state index contributed by atoms with van der Waals surface area (Å²) < 4.78 is 22.0. The molecule has 0 radical (unpaired) electrons. The van der Waals surface area contributed by atoms with Gasteiger partial charge in [-0.2, -0.15) is 0 Å². The van der Waals surface area contributed by atoms with E-state index in [-0.39, 0.29) is 5.82 Å². The zero-order chi connectivity index (χ0) is 18.1. The van der Waals surface area contributed by atoms with E-state index in [1.165, 1.54) is 12.1 Å². The highest BCUT2D eigenvalue weighted by Gasteiger charge is 2.17. The highest BCUT2D eigenvalue weighted by atomic mass is 79.9. The highest BCUT2D eigenvalue weighted by Crippen LogP contribution is 2.31. The van der Waals surface area contributed by atoms with Crippen LogP contribution in [0.25, 0.3) is 22.6 Å². The molecule has 0 N–H and O–H groups in total. The van der Waals surface area contributed by atoms with Gasteiger partial charge in [-0.1, -0.05) is 39.8 Å². The maximum absolute atomic E-state index is 13.0. The summed E-state index contributed by atoms with van der Waals surface area (Å²) in [5.41, 5.74) is 1.85. The number of furan rings is 1. The number of fused-ring (bicyclic) bond motifs is 1. The van der Waals surface area contributed by atoms with Gasteiger partial charge >= 0.3 is 0 Å². The SMILES string of the molecule is CCn1c(SCc2ccc(F)cc2)nnc1-c1cc2cc(Br)ccc2o1. The Labute approximate surface area is 162 Å². The van der Waals surface area contributed by atoms with E-state index >= 15 is 0 Å². The molecule has 0 aliphatic heterocycles. The highest BCUT2D eigenvalue weighted by molar-refractivity contribution is 9.10. The van der Waals surface area contributed by atoms with Crippen molar-refractivity contribution in [3.05, 3.63) is 64.4 Å². The van der Waals surface area contributed by atoms with Crippen LogP contribution in [0.3, 0.4) is 0 Å². The van der Waals surface area contributed by atoms with Crippen molar-refractivity contribution in [1.82, 2.24) is 14.8 Å². The molecule has 4 aromatic rings. The Morgan fingerprint density at radius 1 is 1.12 bits per heavy atom. The molecule has 0 fully saturated rings. The van der Waals surface area contributed by atoms with Gasteiger partial charge in [-0.25, -0.2) is 4.39 Å². The van der Waals surface area contributed by atoms with E-state index in [4.69, 9.17) is 4.42 Å². The first-order valence-corrected chi connectivity index (χ1v) is 9.92. The molecule has 0 spiro atoms. The summed E-state index contributed by atoms with van der Waals surface area (Å²) in [5.74, 6) is 1.88. The topological polar surface area (TPSA) is 43.9 Å². The zero-order valence-corrected chi connectivity index (χ0v) is 16.3. The standard InChI is InChI=1S/C19H15BrFN3OS/c1-2-24-18(17-10-13-9-14(20)5-8-16(13)25-17)22-23-19(24)26-11-12-3-6-15(21)7-4-12/h3-10H,2,11H2,1H3. The molecule has 4 nitrogen and oxygen atoms in total. The van der Waals surface area contributed by atoms with Crippen LogP contribution in [-0.2, 0) is 12.3 Å². The van der Waals surface area contributed by atoms with Gasteiger partial charge in [0.2, 0.25) is 5.82 Å². The fourth-order valence-electron chi connectivity index (χ4n) is 2.72. The Kier molecular flexibility index (Phi) is 4.82. The van der Waals surface area contributed by atoms with Crippen molar-refractivity contribution < 1.29 is 8.81 Å². The van der Waals surface area contributed by atoms with Crippen LogP contribution in [0.2, 0.25) is 0 Å². The predicted molar refractivity (Wildman–Crippen MR) is 105 cm³/mol. The van der Waals surface area contributed by atoms with Crippen molar-refractivity contribution in [3.8, 4) is 11.6 Å². The van der Waals surface area contributed by atoms with Crippen molar-refractivity contribution in [3.63, 3.8) is 0 Å². The van der Waals surface area contributed by atoms with Crippen LogP contribution in [-0.4, -0.2) is 14.8 Å². The molecule has 4 rings (SSSR count). The monoisotopic (exact) mass is 431 g/mol. The predicted octanol–water partition coefficient (Wildman–Crippen LogP) is 5.91. The van der Waals surface area contributed by atoms with Crippen LogP contribution in [0.1, 0.15) is 12.5 Å². The Morgan fingerprint density at radius 3 is 2.69 bits per heavy atom. The molecule has 2 aromatic carbocycles.